The molecule has 0 fully saturated rings. The molecule has 0 aliphatic carbocycles. The van der Waals surface area contributed by atoms with Gasteiger partial charge in [0.15, 0.2) is 0 Å². The largest absolute Gasteiger partial charge is 0.374 e. The standard InChI is InChI=1S/C13H20N2O/c1-4-11-6-8-12(9-7-11)15-10(3)13(16)14-5-2/h6-10,15H,4-5H2,1-3H3,(H,14,16). The van der Waals surface area contributed by atoms with Gasteiger partial charge in [-0.3, -0.25) is 4.79 Å². The molecule has 1 atom stereocenters. The number of nitrogens with one attached hydrogen (secondary N) is 2. The summed E-state index contributed by atoms with van der Waals surface area (Å²) in [5, 5.41) is 5.95. The summed E-state index contributed by atoms with van der Waals surface area (Å²) in [5.74, 6) is 0.0297. The molecule has 0 radical (unpaired) electrons. The first-order valence-electron chi connectivity index (χ1n) is 5.80. The maximum Gasteiger partial charge on any atom is 0.242 e. The number of benzene rings is 1. The Labute approximate surface area is 97.2 Å². The van der Waals surface area contributed by atoms with E-state index in [2.05, 4.69) is 29.7 Å². The lowest BCUT2D eigenvalue weighted by molar-refractivity contribution is -0.121. The van der Waals surface area contributed by atoms with Crippen LogP contribution in [0.25, 0.3) is 0 Å². The summed E-state index contributed by atoms with van der Waals surface area (Å²) in [4.78, 5) is 11.5. The summed E-state index contributed by atoms with van der Waals surface area (Å²) < 4.78 is 0. The second kappa shape index (κ2) is 6.16. The Morgan fingerprint density at radius 2 is 1.88 bits per heavy atom. The summed E-state index contributed by atoms with van der Waals surface area (Å²) in [6, 6.07) is 7.97. The van der Waals surface area contributed by atoms with Gasteiger partial charge in [-0.2, -0.15) is 0 Å². The molecule has 3 heteroatoms. The molecule has 1 unspecified atom stereocenters. The molecule has 0 saturated heterocycles. The molecule has 0 spiro atoms. The number of likely N-dealkylation sites (N-methyl/N-ethyl adjacent to an activating group) is 1. The van der Waals surface area contributed by atoms with Crippen LogP contribution in [0, 0.1) is 0 Å². The average Bonchev–Trinajstić information content (AvgIpc) is 2.30. The number of carbonyl (C=O) groups is 1. The first-order chi connectivity index (χ1) is 7.67. The Balaban J connectivity index is 2.55. The second-order valence-corrected chi connectivity index (χ2v) is 3.81. The van der Waals surface area contributed by atoms with Crippen LogP contribution >= 0.6 is 0 Å². The van der Waals surface area contributed by atoms with Crippen molar-refractivity contribution < 1.29 is 4.79 Å². The zero-order valence-corrected chi connectivity index (χ0v) is 10.2. The van der Waals surface area contributed by atoms with E-state index in [0.29, 0.717) is 6.54 Å². The van der Waals surface area contributed by atoms with Crippen molar-refractivity contribution in [3.63, 3.8) is 0 Å². The molecule has 1 amide bonds. The lowest BCUT2D eigenvalue weighted by Gasteiger charge is -2.14. The van der Waals surface area contributed by atoms with Gasteiger partial charge in [-0.25, -0.2) is 0 Å². The Kier molecular flexibility index (Phi) is 4.83. The minimum absolute atomic E-state index is 0.0297. The van der Waals surface area contributed by atoms with Crippen LogP contribution in [-0.4, -0.2) is 18.5 Å². The van der Waals surface area contributed by atoms with Gasteiger partial charge < -0.3 is 10.6 Å². The maximum atomic E-state index is 11.5. The Morgan fingerprint density at radius 1 is 1.25 bits per heavy atom. The van der Waals surface area contributed by atoms with Crippen molar-refractivity contribution in [2.24, 2.45) is 0 Å². The number of anilines is 1. The van der Waals surface area contributed by atoms with Gasteiger partial charge in [-0.05, 0) is 38.0 Å². The normalized spacial score (nSPS) is 11.9. The van der Waals surface area contributed by atoms with Gasteiger partial charge in [0.05, 0.1) is 0 Å². The third-order valence-electron chi connectivity index (χ3n) is 2.49. The van der Waals surface area contributed by atoms with E-state index < -0.39 is 0 Å². The van der Waals surface area contributed by atoms with Crippen LogP contribution in [0.3, 0.4) is 0 Å². The van der Waals surface area contributed by atoms with Gasteiger partial charge in [0, 0.05) is 12.2 Å². The molecule has 0 aliphatic rings. The van der Waals surface area contributed by atoms with Crippen LogP contribution in [-0.2, 0) is 11.2 Å². The molecule has 1 aromatic rings. The van der Waals surface area contributed by atoms with Crippen LogP contribution in [0.4, 0.5) is 5.69 Å². The van der Waals surface area contributed by atoms with Crippen LogP contribution in [0.2, 0.25) is 0 Å². The first kappa shape index (κ1) is 12.6. The SMILES string of the molecule is CCNC(=O)C(C)Nc1ccc(CC)cc1. The van der Waals surface area contributed by atoms with Crippen LogP contribution in [0.5, 0.6) is 0 Å². The summed E-state index contributed by atoms with van der Waals surface area (Å²) in [6.07, 6.45) is 1.03. The zero-order valence-electron chi connectivity index (χ0n) is 10.2. The third kappa shape index (κ3) is 3.57. The zero-order chi connectivity index (χ0) is 12.0. The van der Waals surface area contributed by atoms with Gasteiger partial charge in [-0.1, -0.05) is 19.1 Å². The Hall–Kier alpha value is -1.51. The fourth-order valence-corrected chi connectivity index (χ4v) is 1.48. The topological polar surface area (TPSA) is 41.1 Å². The first-order valence-corrected chi connectivity index (χ1v) is 5.80. The van der Waals surface area contributed by atoms with E-state index in [4.69, 9.17) is 0 Å². The molecule has 88 valence electrons. The van der Waals surface area contributed by atoms with Gasteiger partial charge in [0.1, 0.15) is 6.04 Å². The van der Waals surface area contributed by atoms with E-state index in [1.807, 2.05) is 26.0 Å². The summed E-state index contributed by atoms with van der Waals surface area (Å²) in [6.45, 7) is 6.57. The lowest BCUT2D eigenvalue weighted by Crippen LogP contribution is -2.37. The highest BCUT2D eigenvalue weighted by Gasteiger charge is 2.10. The molecule has 0 saturated carbocycles. The van der Waals surface area contributed by atoms with E-state index >= 15 is 0 Å². The quantitative estimate of drug-likeness (QED) is 0.798. The van der Waals surface area contributed by atoms with Gasteiger partial charge >= 0.3 is 0 Å². The lowest BCUT2D eigenvalue weighted by atomic mass is 10.1. The minimum Gasteiger partial charge on any atom is -0.374 e. The number of hydrogen-bond donors (Lipinski definition) is 2. The predicted octanol–water partition coefficient (Wildman–Crippen LogP) is 2.19. The van der Waals surface area contributed by atoms with Crippen LogP contribution in [0.15, 0.2) is 24.3 Å². The molecule has 1 rings (SSSR count). The van der Waals surface area contributed by atoms with Crippen LogP contribution in [0.1, 0.15) is 26.3 Å². The molecule has 16 heavy (non-hydrogen) atoms. The van der Waals surface area contributed by atoms with Gasteiger partial charge in [-0.15, -0.1) is 0 Å². The number of carbonyl (C=O) groups excluding carboxylic acids is 1. The van der Waals surface area contributed by atoms with E-state index in [0.717, 1.165) is 12.1 Å². The van der Waals surface area contributed by atoms with Crippen molar-refractivity contribution in [3.8, 4) is 0 Å². The fourth-order valence-electron chi connectivity index (χ4n) is 1.48. The Morgan fingerprint density at radius 3 is 2.38 bits per heavy atom. The molecule has 1 aromatic carbocycles. The van der Waals surface area contributed by atoms with E-state index in [9.17, 15) is 4.79 Å². The van der Waals surface area contributed by atoms with Gasteiger partial charge in [0.25, 0.3) is 0 Å². The number of aryl methyl sites for hydroxylation is 1. The minimum atomic E-state index is -0.201. The van der Waals surface area contributed by atoms with E-state index in [-0.39, 0.29) is 11.9 Å². The number of rotatable bonds is 5. The smallest absolute Gasteiger partial charge is 0.242 e. The van der Waals surface area contributed by atoms with Crippen molar-refractivity contribution in [1.29, 1.82) is 0 Å². The highest BCUT2D eigenvalue weighted by Crippen LogP contribution is 2.11. The number of amides is 1. The highest BCUT2D eigenvalue weighted by molar-refractivity contribution is 5.84. The molecule has 0 aliphatic heterocycles. The van der Waals surface area contributed by atoms with Crippen LogP contribution < -0.4 is 10.6 Å². The van der Waals surface area contributed by atoms with Crippen molar-refractivity contribution in [2.75, 3.05) is 11.9 Å². The molecular weight excluding hydrogens is 200 g/mol. The summed E-state index contributed by atoms with van der Waals surface area (Å²) in [5.41, 5.74) is 2.28. The van der Waals surface area contributed by atoms with Crippen molar-refractivity contribution in [1.82, 2.24) is 5.32 Å². The van der Waals surface area contributed by atoms with Crippen molar-refractivity contribution >= 4 is 11.6 Å². The third-order valence-corrected chi connectivity index (χ3v) is 2.49. The monoisotopic (exact) mass is 220 g/mol. The van der Waals surface area contributed by atoms with E-state index in [1.54, 1.807) is 0 Å². The van der Waals surface area contributed by atoms with E-state index in [1.165, 1.54) is 5.56 Å². The Bertz CT molecular complexity index is 332. The fraction of sp³-hybridized carbons (Fsp3) is 0.462. The summed E-state index contributed by atoms with van der Waals surface area (Å²) in [7, 11) is 0. The van der Waals surface area contributed by atoms with Gasteiger partial charge in [0.2, 0.25) is 5.91 Å². The number of hydrogen-bond acceptors (Lipinski definition) is 2. The molecule has 0 bridgehead atoms. The molecular formula is C13H20N2O. The average molecular weight is 220 g/mol. The van der Waals surface area contributed by atoms with Crippen molar-refractivity contribution in [2.45, 2.75) is 33.2 Å². The molecule has 2 N–H and O–H groups in total. The predicted molar refractivity (Wildman–Crippen MR) is 67.6 cm³/mol. The molecule has 3 nitrogen and oxygen atoms in total. The van der Waals surface area contributed by atoms with Crippen molar-refractivity contribution in [3.05, 3.63) is 29.8 Å². The maximum absolute atomic E-state index is 11.5. The molecule has 0 heterocycles. The highest BCUT2D eigenvalue weighted by atomic mass is 16.2. The second-order valence-electron chi connectivity index (χ2n) is 3.81. The summed E-state index contributed by atoms with van der Waals surface area (Å²) >= 11 is 0. The molecule has 0 aromatic heterocycles.